The molecule has 9 heteroatoms. The molecule has 36 heavy (non-hydrogen) atoms. The second-order valence-corrected chi connectivity index (χ2v) is 11.5. The van der Waals surface area contributed by atoms with E-state index in [1.165, 1.54) is 12.1 Å². The van der Waals surface area contributed by atoms with Gasteiger partial charge in [-0.15, -0.1) is 0 Å². The highest BCUT2D eigenvalue weighted by molar-refractivity contribution is 7.92. The summed E-state index contributed by atoms with van der Waals surface area (Å²) >= 11 is 0. The fraction of sp³-hybridized carbons (Fsp3) is 0.296. The zero-order valence-electron chi connectivity index (χ0n) is 20.4. The van der Waals surface area contributed by atoms with E-state index in [1.54, 1.807) is 54.6 Å². The van der Waals surface area contributed by atoms with E-state index in [-0.39, 0.29) is 29.4 Å². The van der Waals surface area contributed by atoms with E-state index >= 15 is 0 Å². The Labute approximate surface area is 210 Å². The van der Waals surface area contributed by atoms with Gasteiger partial charge in [0, 0.05) is 23.8 Å². The summed E-state index contributed by atoms with van der Waals surface area (Å²) < 4.78 is 42.9. The number of fused-ring (bicyclic) bond motifs is 1. The van der Waals surface area contributed by atoms with Crippen LogP contribution in [0.25, 0.3) is 0 Å². The van der Waals surface area contributed by atoms with Gasteiger partial charge in [-0.1, -0.05) is 45.0 Å². The zero-order chi connectivity index (χ0) is 26.1. The molecule has 190 valence electrons. The van der Waals surface area contributed by atoms with Crippen molar-refractivity contribution >= 4 is 27.3 Å². The molecule has 1 aliphatic rings. The average Bonchev–Trinajstić information content (AvgIpc) is 3.21. The van der Waals surface area contributed by atoms with Gasteiger partial charge in [0.05, 0.1) is 11.5 Å². The Morgan fingerprint density at radius 1 is 1.06 bits per heavy atom. The molecule has 3 aromatic rings. The largest absolute Gasteiger partial charge is 0.395 e. The molecule has 1 amide bonds. The van der Waals surface area contributed by atoms with Crippen LogP contribution in [0.4, 0.5) is 15.8 Å². The normalized spacial score (nSPS) is 17.2. The first kappa shape index (κ1) is 25.7. The summed E-state index contributed by atoms with van der Waals surface area (Å²) in [5.41, 5.74) is 3.12. The van der Waals surface area contributed by atoms with Crippen LogP contribution in [0, 0.1) is 5.82 Å². The van der Waals surface area contributed by atoms with Crippen LogP contribution < -0.4 is 15.4 Å². The highest BCUT2D eigenvalue weighted by atomic mass is 32.2. The maximum absolute atomic E-state index is 14.1. The van der Waals surface area contributed by atoms with Gasteiger partial charge in [0.1, 0.15) is 11.9 Å². The molecule has 0 radical (unpaired) electrons. The molecular weight excluding hydrogens is 481 g/mol. The molecule has 0 saturated heterocycles. The van der Waals surface area contributed by atoms with Crippen LogP contribution in [-0.4, -0.2) is 38.6 Å². The van der Waals surface area contributed by atoms with Crippen molar-refractivity contribution in [1.82, 2.24) is 5.32 Å². The quantitative estimate of drug-likeness (QED) is 0.384. The molecule has 0 bridgehead atoms. The lowest BCUT2D eigenvalue weighted by Gasteiger charge is -2.20. The Morgan fingerprint density at radius 3 is 2.42 bits per heavy atom. The summed E-state index contributed by atoms with van der Waals surface area (Å²) in [6, 6.07) is 17.0. The fourth-order valence-corrected chi connectivity index (χ4v) is 5.42. The lowest BCUT2D eigenvalue weighted by Crippen LogP contribution is -2.41. The maximum Gasteiger partial charge on any atom is 0.261 e. The minimum atomic E-state index is -3.86. The third kappa shape index (κ3) is 5.37. The van der Waals surface area contributed by atoms with Crippen molar-refractivity contribution in [3.05, 3.63) is 89.2 Å². The van der Waals surface area contributed by atoms with Gasteiger partial charge in [0.25, 0.3) is 10.0 Å². The van der Waals surface area contributed by atoms with Gasteiger partial charge in [0.15, 0.2) is 0 Å². The number of hydrogen-bond donors (Lipinski definition) is 4. The van der Waals surface area contributed by atoms with E-state index < -0.39 is 27.8 Å². The van der Waals surface area contributed by atoms with Gasteiger partial charge < -0.3 is 15.7 Å². The number of nitrogens with one attached hydrogen (secondary N) is 3. The number of benzene rings is 3. The highest BCUT2D eigenvalue weighted by Crippen LogP contribution is 2.42. The Morgan fingerprint density at radius 2 is 1.78 bits per heavy atom. The zero-order valence-corrected chi connectivity index (χ0v) is 21.2. The van der Waals surface area contributed by atoms with Crippen LogP contribution in [0.15, 0.2) is 71.6 Å². The summed E-state index contributed by atoms with van der Waals surface area (Å²) in [5.74, 6) is -1.36. The Bertz CT molecular complexity index is 1370. The van der Waals surface area contributed by atoms with Crippen molar-refractivity contribution in [1.29, 1.82) is 0 Å². The van der Waals surface area contributed by atoms with E-state index in [9.17, 15) is 17.6 Å². The van der Waals surface area contributed by atoms with Crippen LogP contribution in [0.5, 0.6) is 0 Å². The summed E-state index contributed by atoms with van der Waals surface area (Å²) in [6.45, 7) is 6.04. The van der Waals surface area contributed by atoms with Crippen molar-refractivity contribution in [3.63, 3.8) is 0 Å². The molecule has 2 unspecified atom stereocenters. The standard InChI is InChI=1S/C27H30FN3O4S/c1-27(2,3)18-7-10-21(11-8-18)36(34,35)31-20-9-12-23-22(16-20)24(17-5-4-6-19(28)15-17)25(30-23)26(33)29-13-14-32/h4-12,15-16,24-25,30-32H,13-14H2,1-3H3,(H,29,33). The number of amides is 1. The van der Waals surface area contributed by atoms with Gasteiger partial charge in [0.2, 0.25) is 5.91 Å². The second kappa shape index (κ2) is 9.91. The summed E-state index contributed by atoms with van der Waals surface area (Å²) in [5, 5.41) is 14.9. The molecule has 0 aliphatic carbocycles. The third-order valence-corrected chi connectivity index (χ3v) is 7.61. The molecule has 0 spiro atoms. The van der Waals surface area contributed by atoms with Crippen molar-refractivity contribution in [2.24, 2.45) is 0 Å². The van der Waals surface area contributed by atoms with Gasteiger partial charge in [-0.2, -0.15) is 0 Å². The predicted octanol–water partition coefficient (Wildman–Crippen LogP) is 3.96. The number of anilines is 2. The molecule has 0 saturated carbocycles. The first-order chi connectivity index (χ1) is 17.0. The predicted molar refractivity (Wildman–Crippen MR) is 138 cm³/mol. The number of aliphatic hydroxyl groups is 1. The first-order valence-electron chi connectivity index (χ1n) is 11.7. The molecule has 4 N–H and O–H groups in total. The minimum absolute atomic E-state index is 0.0856. The van der Waals surface area contributed by atoms with Gasteiger partial charge in [-0.3, -0.25) is 9.52 Å². The number of aliphatic hydroxyl groups excluding tert-OH is 1. The number of carbonyl (C=O) groups excluding carboxylic acids is 1. The van der Waals surface area contributed by atoms with Crippen molar-refractivity contribution < 1.29 is 22.7 Å². The van der Waals surface area contributed by atoms with Crippen molar-refractivity contribution in [2.45, 2.75) is 43.0 Å². The van der Waals surface area contributed by atoms with E-state index in [4.69, 9.17) is 5.11 Å². The Balaban J connectivity index is 1.66. The summed E-state index contributed by atoms with van der Waals surface area (Å²) in [4.78, 5) is 13.0. The van der Waals surface area contributed by atoms with Gasteiger partial charge in [-0.05, 0) is 64.6 Å². The van der Waals surface area contributed by atoms with Crippen LogP contribution >= 0.6 is 0 Å². The smallest absolute Gasteiger partial charge is 0.261 e. The van der Waals surface area contributed by atoms with E-state index in [2.05, 4.69) is 36.1 Å². The average molecular weight is 512 g/mol. The number of halogens is 1. The van der Waals surface area contributed by atoms with Crippen LogP contribution in [0.3, 0.4) is 0 Å². The van der Waals surface area contributed by atoms with Gasteiger partial charge >= 0.3 is 0 Å². The van der Waals surface area contributed by atoms with Crippen LogP contribution in [0.1, 0.15) is 43.4 Å². The number of sulfonamides is 1. The fourth-order valence-electron chi connectivity index (χ4n) is 4.37. The lowest BCUT2D eigenvalue weighted by molar-refractivity contribution is -0.122. The molecule has 1 heterocycles. The molecule has 0 aromatic heterocycles. The Kier molecular flexibility index (Phi) is 7.06. The van der Waals surface area contributed by atoms with Crippen molar-refractivity contribution in [2.75, 3.05) is 23.2 Å². The van der Waals surface area contributed by atoms with E-state index in [0.29, 0.717) is 22.5 Å². The molecule has 4 rings (SSSR count). The molecule has 7 nitrogen and oxygen atoms in total. The lowest BCUT2D eigenvalue weighted by atomic mass is 9.87. The number of carbonyl (C=O) groups is 1. The SMILES string of the molecule is CC(C)(C)c1ccc(S(=O)(=O)Nc2ccc3c(c2)C(c2cccc(F)c2)C(C(=O)NCCO)N3)cc1. The monoisotopic (exact) mass is 511 g/mol. The van der Waals surface area contributed by atoms with Crippen molar-refractivity contribution in [3.8, 4) is 0 Å². The molecule has 1 aliphatic heterocycles. The van der Waals surface area contributed by atoms with Gasteiger partial charge in [-0.25, -0.2) is 12.8 Å². The molecule has 2 atom stereocenters. The third-order valence-electron chi connectivity index (χ3n) is 6.22. The first-order valence-corrected chi connectivity index (χ1v) is 13.2. The second-order valence-electron chi connectivity index (χ2n) is 9.85. The highest BCUT2D eigenvalue weighted by Gasteiger charge is 2.38. The van der Waals surface area contributed by atoms with Crippen LogP contribution in [0.2, 0.25) is 0 Å². The Hall–Kier alpha value is -3.43. The molecule has 0 fully saturated rings. The summed E-state index contributed by atoms with van der Waals surface area (Å²) in [6.07, 6.45) is 0. The van der Waals surface area contributed by atoms with Crippen LogP contribution in [-0.2, 0) is 20.2 Å². The minimum Gasteiger partial charge on any atom is -0.395 e. The number of hydrogen-bond acceptors (Lipinski definition) is 5. The maximum atomic E-state index is 14.1. The topological polar surface area (TPSA) is 108 Å². The molecule has 3 aromatic carbocycles. The molecular formula is C27H30FN3O4S. The number of rotatable bonds is 7. The summed E-state index contributed by atoms with van der Waals surface area (Å²) in [7, 11) is -3.86. The van der Waals surface area contributed by atoms with E-state index in [1.807, 2.05) is 0 Å². The van der Waals surface area contributed by atoms with E-state index in [0.717, 1.165) is 5.56 Å².